The number of benzene rings is 2. The molecule has 2 aromatic carbocycles. The summed E-state index contributed by atoms with van der Waals surface area (Å²) in [6.07, 6.45) is -2.29. The number of hydrogen-bond donors (Lipinski definition) is 0. The molecule has 2 heterocycles. The predicted molar refractivity (Wildman–Crippen MR) is 191 cm³/mol. The number of nitriles is 1. The fourth-order valence-corrected chi connectivity index (χ4v) is 5.01. The lowest BCUT2D eigenvalue weighted by molar-refractivity contribution is 0.0426. The summed E-state index contributed by atoms with van der Waals surface area (Å²) in [5.41, 5.74) is -3.23. The maximum atomic E-state index is 14.2. The lowest BCUT2D eigenvalue weighted by atomic mass is 10.1. The van der Waals surface area contributed by atoms with E-state index in [1.807, 2.05) is 6.07 Å². The number of halogens is 1. The predicted octanol–water partition coefficient (Wildman–Crippen LogP) is 7.88. The molecule has 0 saturated carbocycles. The molecule has 51 heavy (non-hydrogen) atoms. The molecule has 15 heteroatoms. The normalized spacial score (nSPS) is 12.4. The summed E-state index contributed by atoms with van der Waals surface area (Å²) in [6.45, 7) is 16.1. The Kier molecular flexibility index (Phi) is 10.8. The number of nitrogens with zero attached hydrogens (tertiary/aromatic N) is 7. The number of para-hydroxylation sites is 1. The van der Waals surface area contributed by atoms with E-state index in [1.54, 1.807) is 118 Å². The van der Waals surface area contributed by atoms with E-state index in [4.69, 9.17) is 30.8 Å². The Morgan fingerprint density at radius 1 is 0.824 bits per heavy atom. The molecule has 0 unspecified atom stereocenters. The monoisotopic (exact) mass is 717 g/mol. The topological polar surface area (TPSA) is 170 Å². The smallest absolute Gasteiger partial charge is 0.427 e. The number of ether oxygens (including phenoxy) is 3. The van der Waals surface area contributed by atoms with Crippen LogP contribution in [0, 0.1) is 11.3 Å². The van der Waals surface area contributed by atoms with Crippen LogP contribution < -0.4 is 15.4 Å². The average Bonchev–Trinajstić information content (AvgIpc) is 2.99. The van der Waals surface area contributed by atoms with E-state index >= 15 is 0 Å². The van der Waals surface area contributed by atoms with Crippen LogP contribution in [-0.4, -0.2) is 54.6 Å². The standard InChI is InChI=1S/C36H40ClN7O7/c1-21(27-40-25-18-14-17-24(37)26(25)29(45)43(27)23-15-12-11-13-16-23)42(31(46)49-34(2,3)4)28-22(19-38)20-39-30(41-28)44(32(47)50-35(5,6)7)33(48)51-36(8,9)10/h11-18,20-21H,1-10H3/t21-/m0/s1. The summed E-state index contributed by atoms with van der Waals surface area (Å²) >= 11 is 6.48. The summed E-state index contributed by atoms with van der Waals surface area (Å²) < 4.78 is 18.1. The first-order valence-electron chi connectivity index (χ1n) is 15.9. The van der Waals surface area contributed by atoms with Crippen molar-refractivity contribution in [2.24, 2.45) is 0 Å². The zero-order chi connectivity index (χ0) is 38.1. The zero-order valence-corrected chi connectivity index (χ0v) is 30.9. The van der Waals surface area contributed by atoms with Crippen LogP contribution in [0.2, 0.25) is 5.02 Å². The second-order valence-corrected chi connectivity index (χ2v) is 14.8. The highest BCUT2D eigenvalue weighted by atomic mass is 35.5. The van der Waals surface area contributed by atoms with E-state index in [2.05, 4.69) is 9.97 Å². The third-order valence-corrected chi connectivity index (χ3v) is 7.01. The third kappa shape index (κ3) is 8.98. The summed E-state index contributed by atoms with van der Waals surface area (Å²) in [7, 11) is 0. The minimum absolute atomic E-state index is 0.0482. The van der Waals surface area contributed by atoms with Crippen molar-refractivity contribution in [3.8, 4) is 11.8 Å². The average molecular weight is 718 g/mol. The van der Waals surface area contributed by atoms with Gasteiger partial charge in [0, 0.05) is 0 Å². The summed E-state index contributed by atoms with van der Waals surface area (Å²) in [5, 5.41) is 10.6. The second kappa shape index (κ2) is 14.4. The fourth-order valence-electron chi connectivity index (χ4n) is 4.76. The van der Waals surface area contributed by atoms with Gasteiger partial charge in [0.05, 0.1) is 33.9 Å². The molecule has 1 atom stereocenters. The molecule has 0 N–H and O–H groups in total. The number of amides is 3. The highest BCUT2D eigenvalue weighted by molar-refractivity contribution is 6.35. The number of anilines is 2. The molecule has 0 aliphatic carbocycles. The van der Waals surface area contributed by atoms with Crippen molar-refractivity contribution in [2.45, 2.75) is 92.1 Å². The van der Waals surface area contributed by atoms with E-state index in [-0.39, 0.29) is 33.1 Å². The van der Waals surface area contributed by atoms with Gasteiger partial charge >= 0.3 is 18.3 Å². The summed E-state index contributed by atoms with van der Waals surface area (Å²) in [6, 6.07) is 14.2. The molecule has 3 amide bonds. The van der Waals surface area contributed by atoms with Gasteiger partial charge in [0.2, 0.25) is 5.95 Å². The molecular weight excluding hydrogens is 678 g/mol. The first kappa shape index (κ1) is 38.3. The number of imide groups is 1. The Labute approximate surface area is 300 Å². The van der Waals surface area contributed by atoms with Gasteiger partial charge in [-0.15, -0.1) is 4.90 Å². The van der Waals surface area contributed by atoms with Gasteiger partial charge in [0.1, 0.15) is 34.3 Å². The van der Waals surface area contributed by atoms with Gasteiger partial charge in [-0.3, -0.25) is 9.36 Å². The Morgan fingerprint density at radius 3 is 1.90 bits per heavy atom. The van der Waals surface area contributed by atoms with Gasteiger partial charge in [0.15, 0.2) is 5.82 Å². The molecule has 0 aliphatic rings. The van der Waals surface area contributed by atoms with Crippen molar-refractivity contribution < 1.29 is 28.6 Å². The highest BCUT2D eigenvalue weighted by Crippen LogP contribution is 2.33. The molecule has 0 bridgehead atoms. The highest BCUT2D eigenvalue weighted by Gasteiger charge is 2.38. The summed E-state index contributed by atoms with van der Waals surface area (Å²) in [4.78, 5) is 70.2. The van der Waals surface area contributed by atoms with Gasteiger partial charge in [-0.25, -0.2) is 29.3 Å². The molecular formula is C36H40ClN7O7. The minimum Gasteiger partial charge on any atom is -0.443 e. The van der Waals surface area contributed by atoms with Crippen molar-refractivity contribution in [2.75, 3.05) is 9.80 Å². The first-order valence-corrected chi connectivity index (χ1v) is 16.3. The first-order chi connectivity index (χ1) is 23.6. The summed E-state index contributed by atoms with van der Waals surface area (Å²) in [5.74, 6) is -0.875. The Hall–Kier alpha value is -5.55. The van der Waals surface area contributed by atoms with Gasteiger partial charge in [-0.05, 0) is 93.5 Å². The van der Waals surface area contributed by atoms with E-state index in [0.29, 0.717) is 10.6 Å². The zero-order valence-electron chi connectivity index (χ0n) is 30.1. The van der Waals surface area contributed by atoms with Crippen LogP contribution in [0.3, 0.4) is 0 Å². The molecule has 0 fully saturated rings. The maximum absolute atomic E-state index is 14.2. The lowest BCUT2D eigenvalue weighted by Crippen LogP contribution is -2.45. The number of fused-ring (bicyclic) bond motifs is 1. The number of carbonyl (C=O) groups excluding carboxylic acids is 3. The number of aromatic nitrogens is 4. The molecule has 4 aromatic rings. The second-order valence-electron chi connectivity index (χ2n) is 14.4. The molecule has 0 saturated heterocycles. The molecule has 268 valence electrons. The van der Waals surface area contributed by atoms with Crippen LogP contribution in [0.25, 0.3) is 16.6 Å². The molecule has 0 spiro atoms. The van der Waals surface area contributed by atoms with Gasteiger partial charge < -0.3 is 14.2 Å². The lowest BCUT2D eigenvalue weighted by Gasteiger charge is -2.32. The van der Waals surface area contributed by atoms with Crippen molar-refractivity contribution in [3.05, 3.63) is 81.5 Å². The number of hydrogen-bond acceptors (Lipinski definition) is 11. The van der Waals surface area contributed by atoms with Crippen LogP contribution in [0.15, 0.2) is 59.5 Å². The van der Waals surface area contributed by atoms with Crippen molar-refractivity contribution in [3.63, 3.8) is 0 Å². The van der Waals surface area contributed by atoms with Crippen molar-refractivity contribution in [1.82, 2.24) is 19.5 Å². The quantitative estimate of drug-likeness (QED) is 0.184. The van der Waals surface area contributed by atoms with Crippen LogP contribution in [-0.2, 0) is 14.2 Å². The molecule has 0 aliphatic heterocycles. The van der Waals surface area contributed by atoms with E-state index in [9.17, 15) is 24.4 Å². The molecule has 14 nitrogen and oxygen atoms in total. The van der Waals surface area contributed by atoms with E-state index in [0.717, 1.165) is 11.1 Å². The van der Waals surface area contributed by atoms with E-state index < -0.39 is 52.6 Å². The molecule has 4 rings (SSSR count). The fraction of sp³-hybridized carbons (Fsp3) is 0.389. The van der Waals surface area contributed by atoms with Crippen LogP contribution >= 0.6 is 11.6 Å². The molecule has 2 aromatic heterocycles. The minimum atomic E-state index is -1.19. The van der Waals surface area contributed by atoms with Crippen LogP contribution in [0.4, 0.5) is 26.1 Å². The van der Waals surface area contributed by atoms with Crippen LogP contribution in [0.5, 0.6) is 0 Å². The molecule has 0 radical (unpaired) electrons. The van der Waals surface area contributed by atoms with E-state index in [1.165, 1.54) is 4.57 Å². The number of carbonyl (C=O) groups is 3. The Balaban J connectivity index is 2.04. The van der Waals surface area contributed by atoms with Gasteiger partial charge in [0.25, 0.3) is 5.56 Å². The SMILES string of the molecule is C[C@@H](c1nc2cccc(Cl)c2c(=O)n1-c1ccccc1)N(C(=O)OC(C)(C)C)c1nc(N(C(=O)OC(C)(C)C)C(=O)OC(C)(C)C)ncc1C#N. The Bertz CT molecular complexity index is 2050. The van der Waals surface area contributed by atoms with Crippen molar-refractivity contribution >= 4 is 52.5 Å². The number of rotatable bonds is 5. The largest absolute Gasteiger partial charge is 0.443 e. The Morgan fingerprint density at radius 2 is 1.37 bits per heavy atom. The maximum Gasteiger partial charge on any atom is 0.427 e. The van der Waals surface area contributed by atoms with Crippen LogP contribution in [0.1, 0.15) is 86.7 Å². The van der Waals surface area contributed by atoms with Gasteiger partial charge in [-0.1, -0.05) is 35.9 Å². The van der Waals surface area contributed by atoms with Gasteiger partial charge in [-0.2, -0.15) is 10.2 Å². The third-order valence-electron chi connectivity index (χ3n) is 6.69. The van der Waals surface area contributed by atoms with Crippen molar-refractivity contribution in [1.29, 1.82) is 5.26 Å².